The number of halogens is 1. The largest absolute Gasteiger partial charge is 0.399 e. The zero-order chi connectivity index (χ0) is 14.2. The van der Waals surface area contributed by atoms with Gasteiger partial charge in [0.15, 0.2) is 0 Å². The van der Waals surface area contributed by atoms with Crippen LogP contribution in [0.3, 0.4) is 0 Å². The summed E-state index contributed by atoms with van der Waals surface area (Å²) in [4.78, 5) is -0.119. The minimum atomic E-state index is -3.76. The van der Waals surface area contributed by atoms with Crippen LogP contribution in [0.2, 0.25) is 0 Å². The molecule has 1 aliphatic rings. The molecular formula is C12H17FN2O3S. The predicted octanol–water partition coefficient (Wildman–Crippen LogP) is 1.21. The third-order valence-corrected chi connectivity index (χ3v) is 5.01. The number of nitrogens with zero attached hydrogens (tertiary/aromatic N) is 1. The normalized spacial score (nSPS) is 25.4. The summed E-state index contributed by atoms with van der Waals surface area (Å²) in [6.07, 6.45) is -0.183. The van der Waals surface area contributed by atoms with Gasteiger partial charge in [0.05, 0.1) is 17.6 Å². The van der Waals surface area contributed by atoms with E-state index in [4.69, 9.17) is 10.5 Å². The Bertz CT molecular complexity index is 556. The molecule has 1 saturated heterocycles. The molecule has 2 rings (SSSR count). The summed E-state index contributed by atoms with van der Waals surface area (Å²) in [5, 5.41) is 0. The maximum atomic E-state index is 13.3. The summed E-state index contributed by atoms with van der Waals surface area (Å²) in [5.74, 6) is -0.660. The minimum absolute atomic E-state index is 0.0903. The van der Waals surface area contributed by atoms with Crippen molar-refractivity contribution in [2.45, 2.75) is 30.9 Å². The van der Waals surface area contributed by atoms with E-state index in [2.05, 4.69) is 0 Å². The van der Waals surface area contributed by atoms with E-state index in [1.165, 1.54) is 10.4 Å². The third-order valence-electron chi connectivity index (χ3n) is 3.05. The molecule has 1 heterocycles. The number of nitrogen functional groups attached to an aromatic ring is 1. The molecule has 5 nitrogen and oxygen atoms in total. The van der Waals surface area contributed by atoms with Gasteiger partial charge in [0, 0.05) is 18.3 Å². The van der Waals surface area contributed by atoms with Crippen molar-refractivity contribution in [3.05, 3.63) is 24.0 Å². The van der Waals surface area contributed by atoms with Gasteiger partial charge in [0.25, 0.3) is 0 Å². The van der Waals surface area contributed by atoms with Gasteiger partial charge in [-0.25, -0.2) is 12.8 Å². The van der Waals surface area contributed by atoms with Crippen molar-refractivity contribution in [3.8, 4) is 0 Å². The first-order chi connectivity index (χ1) is 8.80. The maximum absolute atomic E-state index is 13.3. The highest BCUT2D eigenvalue weighted by atomic mass is 32.2. The number of anilines is 1. The van der Waals surface area contributed by atoms with Gasteiger partial charge in [0.2, 0.25) is 10.0 Å². The van der Waals surface area contributed by atoms with Crippen molar-refractivity contribution >= 4 is 15.7 Å². The summed E-state index contributed by atoms with van der Waals surface area (Å²) in [6, 6.07) is 3.06. The molecule has 0 saturated carbocycles. The fourth-order valence-electron chi connectivity index (χ4n) is 2.08. The van der Waals surface area contributed by atoms with E-state index < -0.39 is 15.8 Å². The Balaban J connectivity index is 2.40. The first kappa shape index (κ1) is 14.2. The van der Waals surface area contributed by atoms with Crippen LogP contribution in [0.5, 0.6) is 0 Å². The van der Waals surface area contributed by atoms with Crippen LogP contribution in [-0.2, 0) is 14.8 Å². The van der Waals surface area contributed by atoms with Gasteiger partial charge in [-0.05, 0) is 32.0 Å². The van der Waals surface area contributed by atoms with Crippen molar-refractivity contribution < 1.29 is 17.5 Å². The zero-order valence-corrected chi connectivity index (χ0v) is 11.7. The van der Waals surface area contributed by atoms with Crippen LogP contribution in [0.15, 0.2) is 23.1 Å². The van der Waals surface area contributed by atoms with E-state index in [1.54, 1.807) is 13.8 Å². The Morgan fingerprint density at radius 2 is 2.05 bits per heavy atom. The smallest absolute Gasteiger partial charge is 0.243 e. The minimum Gasteiger partial charge on any atom is -0.399 e. The zero-order valence-electron chi connectivity index (χ0n) is 10.8. The summed E-state index contributed by atoms with van der Waals surface area (Å²) >= 11 is 0. The highest BCUT2D eigenvalue weighted by Gasteiger charge is 2.34. The standard InChI is InChI=1S/C12H17FN2O3S/c1-8-7-18-9(2)6-15(8)19(16,17)12-4-10(13)3-11(14)5-12/h3-5,8-9H,6-7,14H2,1-2H3. The van der Waals surface area contributed by atoms with Gasteiger partial charge >= 0.3 is 0 Å². The van der Waals surface area contributed by atoms with E-state index in [0.717, 1.165) is 12.1 Å². The van der Waals surface area contributed by atoms with Gasteiger partial charge in [-0.3, -0.25) is 0 Å². The average molecular weight is 288 g/mol. The van der Waals surface area contributed by atoms with Gasteiger partial charge in [-0.15, -0.1) is 0 Å². The number of hydrogen-bond donors (Lipinski definition) is 1. The maximum Gasteiger partial charge on any atom is 0.243 e. The molecule has 2 unspecified atom stereocenters. The number of benzene rings is 1. The van der Waals surface area contributed by atoms with Crippen LogP contribution in [0.1, 0.15) is 13.8 Å². The van der Waals surface area contributed by atoms with E-state index in [1.807, 2.05) is 0 Å². The Kier molecular flexibility index (Phi) is 3.80. The molecule has 1 aliphatic heterocycles. The molecule has 2 atom stereocenters. The second-order valence-electron chi connectivity index (χ2n) is 4.79. The molecule has 0 spiro atoms. The van der Waals surface area contributed by atoms with E-state index in [9.17, 15) is 12.8 Å². The summed E-state index contributed by atoms with van der Waals surface area (Å²) in [5.41, 5.74) is 5.59. The lowest BCUT2D eigenvalue weighted by Gasteiger charge is -2.35. The molecule has 0 amide bonds. The van der Waals surface area contributed by atoms with Gasteiger partial charge in [-0.2, -0.15) is 4.31 Å². The van der Waals surface area contributed by atoms with E-state index in [-0.39, 0.29) is 29.3 Å². The average Bonchev–Trinajstić information content (AvgIpc) is 2.31. The molecule has 106 valence electrons. The van der Waals surface area contributed by atoms with Crippen LogP contribution in [-0.4, -0.2) is 38.0 Å². The summed E-state index contributed by atoms with van der Waals surface area (Å²) < 4.78 is 45.0. The SMILES string of the molecule is CC1CN(S(=O)(=O)c2cc(N)cc(F)c2)C(C)CO1. The first-order valence-electron chi connectivity index (χ1n) is 6.00. The van der Waals surface area contributed by atoms with Crippen LogP contribution >= 0.6 is 0 Å². The second kappa shape index (κ2) is 5.07. The molecule has 19 heavy (non-hydrogen) atoms. The third kappa shape index (κ3) is 2.88. The summed E-state index contributed by atoms with van der Waals surface area (Å²) in [7, 11) is -3.76. The Labute approximate surface area is 112 Å². The fraction of sp³-hybridized carbons (Fsp3) is 0.500. The topological polar surface area (TPSA) is 72.6 Å². The quantitative estimate of drug-likeness (QED) is 0.830. The Hall–Kier alpha value is -1.18. The van der Waals surface area contributed by atoms with Crippen LogP contribution in [0.4, 0.5) is 10.1 Å². The summed E-state index contributed by atoms with van der Waals surface area (Å²) in [6.45, 7) is 4.13. The monoisotopic (exact) mass is 288 g/mol. The molecule has 1 fully saturated rings. The van der Waals surface area contributed by atoms with Crippen molar-refractivity contribution in [1.29, 1.82) is 0 Å². The molecule has 0 bridgehead atoms. The number of ether oxygens (including phenoxy) is 1. The Morgan fingerprint density at radius 1 is 1.37 bits per heavy atom. The number of nitrogens with two attached hydrogens (primary N) is 1. The molecular weight excluding hydrogens is 271 g/mol. The van der Waals surface area contributed by atoms with Crippen LogP contribution < -0.4 is 5.73 Å². The highest BCUT2D eigenvalue weighted by molar-refractivity contribution is 7.89. The number of morpholine rings is 1. The molecule has 7 heteroatoms. The van der Waals surface area contributed by atoms with Crippen molar-refractivity contribution in [3.63, 3.8) is 0 Å². The van der Waals surface area contributed by atoms with Crippen LogP contribution in [0.25, 0.3) is 0 Å². The van der Waals surface area contributed by atoms with E-state index in [0.29, 0.717) is 6.61 Å². The van der Waals surface area contributed by atoms with Crippen LogP contribution in [0, 0.1) is 5.82 Å². The van der Waals surface area contributed by atoms with E-state index >= 15 is 0 Å². The Morgan fingerprint density at radius 3 is 2.68 bits per heavy atom. The van der Waals surface area contributed by atoms with Gasteiger partial charge < -0.3 is 10.5 Å². The van der Waals surface area contributed by atoms with Gasteiger partial charge in [-0.1, -0.05) is 0 Å². The van der Waals surface area contributed by atoms with Gasteiger partial charge in [0.1, 0.15) is 5.82 Å². The molecule has 0 aliphatic carbocycles. The second-order valence-corrected chi connectivity index (χ2v) is 6.68. The predicted molar refractivity (Wildman–Crippen MR) is 69.6 cm³/mol. The van der Waals surface area contributed by atoms with Crippen molar-refractivity contribution in [2.24, 2.45) is 0 Å². The lowest BCUT2D eigenvalue weighted by molar-refractivity contribution is -0.0170. The molecule has 2 N–H and O–H groups in total. The molecule has 1 aromatic rings. The fourth-order valence-corrected chi connectivity index (χ4v) is 3.83. The molecule has 1 aromatic carbocycles. The number of hydrogen-bond acceptors (Lipinski definition) is 4. The van der Waals surface area contributed by atoms with Crippen molar-refractivity contribution in [1.82, 2.24) is 4.31 Å². The lowest BCUT2D eigenvalue weighted by Crippen LogP contribution is -2.50. The lowest BCUT2D eigenvalue weighted by atomic mass is 10.2. The number of rotatable bonds is 2. The molecule has 0 aromatic heterocycles. The van der Waals surface area contributed by atoms with Crippen molar-refractivity contribution in [2.75, 3.05) is 18.9 Å². The first-order valence-corrected chi connectivity index (χ1v) is 7.44. The highest BCUT2D eigenvalue weighted by Crippen LogP contribution is 2.24. The molecule has 0 radical (unpaired) electrons. The number of sulfonamides is 1.